The molecule has 2 N–H and O–H groups in total. The van der Waals surface area contributed by atoms with Gasteiger partial charge in [0, 0.05) is 30.5 Å². The van der Waals surface area contributed by atoms with Crippen molar-refractivity contribution in [1.29, 1.82) is 0 Å². The highest BCUT2D eigenvalue weighted by Gasteiger charge is 2.24. The topological polar surface area (TPSA) is 74.3 Å². The summed E-state index contributed by atoms with van der Waals surface area (Å²) in [4.78, 5) is 30.7. The second kappa shape index (κ2) is 6.37. The van der Waals surface area contributed by atoms with E-state index in [1.807, 2.05) is 31.2 Å². The molecule has 0 aliphatic carbocycles. The van der Waals surface area contributed by atoms with E-state index in [1.54, 1.807) is 4.90 Å². The molecule has 1 aliphatic heterocycles. The summed E-state index contributed by atoms with van der Waals surface area (Å²) in [6, 6.07) is 7.60. The molecule has 0 atom stereocenters. The molecule has 3 rings (SSSR count). The minimum Gasteiger partial charge on any atom is -0.319 e. The first-order chi connectivity index (χ1) is 11.0. The van der Waals surface area contributed by atoms with Crippen molar-refractivity contribution >= 4 is 34.1 Å². The van der Waals surface area contributed by atoms with Gasteiger partial charge in [0.2, 0.25) is 5.91 Å². The van der Waals surface area contributed by atoms with Crippen molar-refractivity contribution in [2.24, 2.45) is 0 Å². The average Bonchev–Trinajstić information content (AvgIpc) is 2.89. The van der Waals surface area contributed by atoms with Crippen molar-refractivity contribution in [1.82, 2.24) is 9.88 Å². The van der Waals surface area contributed by atoms with Gasteiger partial charge in [0.15, 0.2) is 5.13 Å². The second-order valence-corrected chi connectivity index (χ2v) is 6.62. The molecule has 2 aromatic rings. The molecule has 1 aliphatic rings. The minimum absolute atomic E-state index is 0.117. The van der Waals surface area contributed by atoms with E-state index in [4.69, 9.17) is 0 Å². The number of carbonyl (C=O) groups excluding carboxylic acids is 2. The van der Waals surface area contributed by atoms with Crippen LogP contribution in [-0.4, -0.2) is 28.4 Å². The Bertz CT molecular complexity index is 739. The van der Waals surface area contributed by atoms with Crippen molar-refractivity contribution in [2.75, 3.05) is 17.2 Å². The highest BCUT2D eigenvalue weighted by Crippen LogP contribution is 2.28. The van der Waals surface area contributed by atoms with Crippen molar-refractivity contribution < 1.29 is 9.59 Å². The van der Waals surface area contributed by atoms with Gasteiger partial charge in [0.05, 0.1) is 12.2 Å². The molecule has 0 fully saturated rings. The first-order valence-electron chi connectivity index (χ1n) is 7.40. The van der Waals surface area contributed by atoms with Gasteiger partial charge in [-0.25, -0.2) is 9.78 Å². The van der Waals surface area contributed by atoms with Gasteiger partial charge in [-0.05, 0) is 19.1 Å². The highest BCUT2D eigenvalue weighted by molar-refractivity contribution is 7.15. The molecule has 3 amide bonds. The summed E-state index contributed by atoms with van der Waals surface area (Å²) >= 11 is 1.43. The summed E-state index contributed by atoms with van der Waals surface area (Å²) in [5, 5.41) is 6.21. The van der Waals surface area contributed by atoms with Crippen LogP contribution in [0.2, 0.25) is 0 Å². The molecule has 0 saturated heterocycles. The Hall–Kier alpha value is -2.41. The molecule has 2 heterocycles. The largest absolute Gasteiger partial charge is 0.322 e. The van der Waals surface area contributed by atoms with E-state index in [9.17, 15) is 9.59 Å². The summed E-state index contributed by atoms with van der Waals surface area (Å²) < 4.78 is 0. The van der Waals surface area contributed by atoms with Crippen LogP contribution in [0, 0.1) is 6.92 Å². The quantitative estimate of drug-likeness (QED) is 0.889. The molecule has 7 heteroatoms. The van der Waals surface area contributed by atoms with Crippen LogP contribution in [0.15, 0.2) is 24.3 Å². The van der Waals surface area contributed by atoms with E-state index in [0.717, 1.165) is 21.8 Å². The average molecular weight is 330 g/mol. The van der Waals surface area contributed by atoms with Gasteiger partial charge in [-0.15, -0.1) is 0 Å². The minimum atomic E-state index is -0.134. The lowest BCUT2D eigenvalue weighted by Crippen LogP contribution is -2.38. The van der Waals surface area contributed by atoms with E-state index in [0.29, 0.717) is 24.6 Å². The second-order valence-electron chi connectivity index (χ2n) is 5.54. The summed E-state index contributed by atoms with van der Waals surface area (Å²) in [6.45, 7) is 4.61. The fraction of sp³-hybridized carbons (Fsp3) is 0.312. The lowest BCUT2D eigenvalue weighted by Gasteiger charge is -2.26. The summed E-state index contributed by atoms with van der Waals surface area (Å²) in [5.74, 6) is -0.134. The zero-order valence-corrected chi connectivity index (χ0v) is 13.9. The Labute approximate surface area is 138 Å². The number of fused-ring (bicyclic) bond motifs is 1. The SMILES string of the molecule is CC(=O)Nc1nc2c(s1)CN(C(=O)Nc1ccc(C)cc1)CC2. The van der Waals surface area contributed by atoms with Crippen LogP contribution in [-0.2, 0) is 17.8 Å². The predicted molar refractivity (Wildman–Crippen MR) is 90.7 cm³/mol. The fourth-order valence-electron chi connectivity index (χ4n) is 2.41. The lowest BCUT2D eigenvalue weighted by atomic mass is 10.2. The molecule has 0 radical (unpaired) electrons. The molecule has 6 nitrogen and oxygen atoms in total. The maximum atomic E-state index is 12.4. The number of anilines is 2. The van der Waals surface area contributed by atoms with E-state index in [2.05, 4.69) is 15.6 Å². The predicted octanol–water partition coefficient (Wildman–Crippen LogP) is 3.00. The Kier molecular flexibility index (Phi) is 4.29. The van der Waals surface area contributed by atoms with Crippen LogP contribution >= 0.6 is 11.3 Å². The Morgan fingerprint density at radius 2 is 1.96 bits per heavy atom. The molecular weight excluding hydrogens is 312 g/mol. The number of hydrogen-bond donors (Lipinski definition) is 2. The fourth-order valence-corrected chi connectivity index (χ4v) is 3.48. The van der Waals surface area contributed by atoms with E-state index in [-0.39, 0.29) is 11.9 Å². The van der Waals surface area contributed by atoms with Gasteiger partial charge in [-0.2, -0.15) is 0 Å². The first kappa shape index (κ1) is 15.5. The molecule has 23 heavy (non-hydrogen) atoms. The van der Waals surface area contributed by atoms with Crippen LogP contribution in [0.4, 0.5) is 15.6 Å². The Balaban J connectivity index is 1.66. The third kappa shape index (κ3) is 3.68. The zero-order chi connectivity index (χ0) is 16.4. The van der Waals surface area contributed by atoms with Crippen molar-refractivity contribution in [3.05, 3.63) is 40.4 Å². The molecule has 0 saturated carbocycles. The number of nitrogens with zero attached hydrogens (tertiary/aromatic N) is 2. The van der Waals surface area contributed by atoms with Crippen LogP contribution in [0.1, 0.15) is 23.1 Å². The van der Waals surface area contributed by atoms with Crippen LogP contribution in [0.25, 0.3) is 0 Å². The van der Waals surface area contributed by atoms with Gasteiger partial charge in [-0.1, -0.05) is 29.0 Å². The molecule has 0 bridgehead atoms. The number of hydrogen-bond acceptors (Lipinski definition) is 4. The number of thiazole rings is 1. The van der Waals surface area contributed by atoms with Crippen LogP contribution in [0.5, 0.6) is 0 Å². The lowest BCUT2D eigenvalue weighted by molar-refractivity contribution is -0.114. The molecule has 0 unspecified atom stereocenters. The molecule has 1 aromatic carbocycles. The maximum Gasteiger partial charge on any atom is 0.322 e. The third-order valence-electron chi connectivity index (χ3n) is 3.60. The van der Waals surface area contributed by atoms with Crippen molar-refractivity contribution in [3.63, 3.8) is 0 Å². The van der Waals surface area contributed by atoms with Gasteiger partial charge in [0.1, 0.15) is 0 Å². The molecule has 120 valence electrons. The number of benzene rings is 1. The highest BCUT2D eigenvalue weighted by atomic mass is 32.1. The number of amides is 3. The monoisotopic (exact) mass is 330 g/mol. The number of rotatable bonds is 2. The van der Waals surface area contributed by atoms with Crippen LogP contribution in [0.3, 0.4) is 0 Å². The number of carbonyl (C=O) groups is 2. The Morgan fingerprint density at radius 1 is 1.22 bits per heavy atom. The van der Waals surface area contributed by atoms with Gasteiger partial charge in [-0.3, -0.25) is 4.79 Å². The normalized spacial score (nSPS) is 13.4. The van der Waals surface area contributed by atoms with Crippen LogP contribution < -0.4 is 10.6 Å². The third-order valence-corrected chi connectivity index (χ3v) is 4.60. The maximum absolute atomic E-state index is 12.4. The van der Waals surface area contributed by atoms with Crippen molar-refractivity contribution in [2.45, 2.75) is 26.8 Å². The number of urea groups is 1. The summed E-state index contributed by atoms with van der Waals surface area (Å²) in [6.07, 6.45) is 0.701. The first-order valence-corrected chi connectivity index (χ1v) is 8.21. The van der Waals surface area contributed by atoms with E-state index in [1.165, 1.54) is 18.3 Å². The standard InChI is InChI=1S/C16H18N4O2S/c1-10-3-5-12(6-4-10)18-16(22)20-8-7-13-14(9-20)23-15(19-13)17-11(2)21/h3-6H,7-9H2,1-2H3,(H,18,22)(H,17,19,21). The smallest absolute Gasteiger partial charge is 0.319 e. The van der Waals surface area contributed by atoms with Gasteiger partial charge in [0.25, 0.3) is 0 Å². The van der Waals surface area contributed by atoms with E-state index >= 15 is 0 Å². The zero-order valence-electron chi connectivity index (χ0n) is 13.0. The number of aryl methyl sites for hydroxylation is 1. The van der Waals surface area contributed by atoms with E-state index < -0.39 is 0 Å². The van der Waals surface area contributed by atoms with Crippen molar-refractivity contribution in [3.8, 4) is 0 Å². The number of nitrogens with one attached hydrogen (secondary N) is 2. The molecule has 1 aromatic heterocycles. The molecular formula is C16H18N4O2S. The number of aromatic nitrogens is 1. The molecule has 0 spiro atoms. The van der Waals surface area contributed by atoms with Gasteiger partial charge < -0.3 is 15.5 Å². The Morgan fingerprint density at radius 3 is 2.65 bits per heavy atom. The van der Waals surface area contributed by atoms with Gasteiger partial charge >= 0.3 is 6.03 Å². The summed E-state index contributed by atoms with van der Waals surface area (Å²) in [5.41, 5.74) is 2.91. The summed E-state index contributed by atoms with van der Waals surface area (Å²) in [7, 11) is 0.